The van der Waals surface area contributed by atoms with Gasteiger partial charge in [-0.1, -0.05) is 24.3 Å². The molecule has 2 saturated heterocycles. The van der Waals surface area contributed by atoms with Crippen LogP contribution in [-0.4, -0.2) is 78.5 Å². The Hall–Kier alpha value is -3.69. The Labute approximate surface area is 258 Å². The van der Waals surface area contributed by atoms with E-state index in [0.717, 1.165) is 68.1 Å². The molecule has 0 saturated carbocycles. The van der Waals surface area contributed by atoms with Crippen LogP contribution in [0.4, 0.5) is 24.5 Å². The van der Waals surface area contributed by atoms with Gasteiger partial charge in [-0.25, -0.2) is 0 Å². The number of rotatable bonds is 9. The number of nitrogens with zero attached hydrogens (tertiary/aromatic N) is 5. The Kier molecular flexibility index (Phi) is 10.4. The molecule has 2 aromatic carbocycles. The number of pyridine rings is 1. The fraction of sp³-hybridized carbons (Fsp3) is 0.429. The van der Waals surface area contributed by atoms with Gasteiger partial charge < -0.3 is 19.6 Å². The molecule has 0 atom stereocenters. The molecule has 234 valence electrons. The van der Waals surface area contributed by atoms with Crippen molar-refractivity contribution < 1.29 is 18.0 Å². The van der Waals surface area contributed by atoms with Gasteiger partial charge in [-0.2, -0.15) is 13.2 Å². The van der Waals surface area contributed by atoms with Gasteiger partial charge in [0.05, 0.1) is 5.56 Å². The van der Waals surface area contributed by atoms with Crippen molar-refractivity contribution in [1.82, 2.24) is 19.7 Å². The van der Waals surface area contributed by atoms with Crippen LogP contribution in [0.25, 0.3) is 6.08 Å². The molecule has 9 heteroatoms. The van der Waals surface area contributed by atoms with Crippen LogP contribution in [0, 0.1) is 5.92 Å². The first-order chi connectivity index (χ1) is 21.2. The Bertz CT molecular complexity index is 1360. The maximum absolute atomic E-state index is 13.6. The Morgan fingerprint density at radius 3 is 2.11 bits per heavy atom. The van der Waals surface area contributed by atoms with E-state index in [1.54, 1.807) is 18.5 Å². The summed E-state index contributed by atoms with van der Waals surface area (Å²) in [5.74, 6) is 0.263. The number of alkyl halides is 3. The maximum Gasteiger partial charge on any atom is 0.416 e. The topological polar surface area (TPSA) is 42.9 Å². The van der Waals surface area contributed by atoms with Gasteiger partial charge in [0, 0.05) is 56.0 Å². The smallest absolute Gasteiger partial charge is 0.345 e. The van der Waals surface area contributed by atoms with Crippen molar-refractivity contribution in [3.8, 4) is 0 Å². The van der Waals surface area contributed by atoms with E-state index in [4.69, 9.17) is 0 Å². The summed E-state index contributed by atoms with van der Waals surface area (Å²) < 4.78 is 38.9. The summed E-state index contributed by atoms with van der Waals surface area (Å²) in [5.41, 5.74) is 2.94. The zero-order valence-corrected chi connectivity index (χ0v) is 25.6. The molecule has 0 bridgehead atoms. The molecule has 44 heavy (non-hydrogen) atoms. The van der Waals surface area contributed by atoms with Crippen molar-refractivity contribution in [3.63, 3.8) is 0 Å². The van der Waals surface area contributed by atoms with Crippen LogP contribution in [0.1, 0.15) is 42.4 Å². The summed E-state index contributed by atoms with van der Waals surface area (Å²) >= 11 is 0. The normalized spacial score (nSPS) is 17.7. The van der Waals surface area contributed by atoms with Gasteiger partial charge in [-0.15, -0.1) is 0 Å². The Morgan fingerprint density at radius 1 is 0.886 bits per heavy atom. The second-order valence-corrected chi connectivity index (χ2v) is 12.1. The lowest BCUT2D eigenvalue weighted by Gasteiger charge is -2.41. The molecule has 6 nitrogen and oxygen atoms in total. The fourth-order valence-electron chi connectivity index (χ4n) is 6.22. The van der Waals surface area contributed by atoms with Gasteiger partial charge in [0.1, 0.15) is 0 Å². The quantitative estimate of drug-likeness (QED) is 0.254. The lowest BCUT2D eigenvalue weighted by Crippen LogP contribution is -2.48. The first-order valence-corrected chi connectivity index (χ1v) is 15.5. The molecule has 0 radical (unpaired) electrons. The monoisotopic (exact) mass is 605 g/mol. The molecule has 0 aliphatic carbocycles. The lowest BCUT2D eigenvalue weighted by molar-refractivity contribution is -0.137. The van der Waals surface area contributed by atoms with Gasteiger partial charge in [0.25, 0.3) is 0 Å². The van der Waals surface area contributed by atoms with Gasteiger partial charge in [-0.3, -0.25) is 9.78 Å². The number of hydrogen-bond acceptors (Lipinski definition) is 5. The zero-order chi connectivity index (χ0) is 31.1. The predicted molar refractivity (Wildman–Crippen MR) is 169 cm³/mol. The predicted octanol–water partition coefficient (Wildman–Crippen LogP) is 6.72. The molecular formula is C35H42F3N5O. The first kappa shape index (κ1) is 31.7. The molecule has 1 amide bonds. The Morgan fingerprint density at radius 2 is 1.50 bits per heavy atom. The third kappa shape index (κ3) is 8.48. The number of carbonyl (C=O) groups excluding carboxylic acids is 1. The van der Waals surface area contributed by atoms with E-state index in [9.17, 15) is 18.0 Å². The highest BCUT2D eigenvalue weighted by Gasteiger charge is 2.30. The van der Waals surface area contributed by atoms with Crippen LogP contribution in [-0.2, 0) is 17.5 Å². The molecule has 3 aromatic rings. The van der Waals surface area contributed by atoms with E-state index < -0.39 is 11.7 Å². The zero-order valence-electron chi connectivity index (χ0n) is 25.6. The average Bonchev–Trinajstić information content (AvgIpc) is 3.04. The molecular weight excluding hydrogens is 563 g/mol. The van der Waals surface area contributed by atoms with Crippen molar-refractivity contribution in [2.24, 2.45) is 5.92 Å². The van der Waals surface area contributed by atoms with Crippen molar-refractivity contribution in [3.05, 3.63) is 95.8 Å². The SMILES string of the molecule is CN1CCC(N2CCC(CN(Cc3ccc(N(C)c4ccncc4)cc3)C(=O)C=Cc3ccc(C(F)(F)F)cc3)CC2)CC1. The van der Waals surface area contributed by atoms with E-state index in [1.807, 2.05) is 24.1 Å². The molecule has 0 spiro atoms. The lowest BCUT2D eigenvalue weighted by atomic mass is 9.93. The van der Waals surface area contributed by atoms with Crippen LogP contribution >= 0.6 is 0 Å². The van der Waals surface area contributed by atoms with Crippen LogP contribution < -0.4 is 4.90 Å². The number of halogens is 3. The summed E-state index contributed by atoms with van der Waals surface area (Å²) in [4.78, 5) is 26.6. The first-order valence-electron chi connectivity index (χ1n) is 15.5. The summed E-state index contributed by atoms with van der Waals surface area (Å²) in [5, 5.41) is 0. The van der Waals surface area contributed by atoms with Gasteiger partial charge in [-0.05, 0) is 118 Å². The van der Waals surface area contributed by atoms with Crippen molar-refractivity contribution in [1.29, 1.82) is 0 Å². The molecule has 1 aromatic heterocycles. The van der Waals surface area contributed by atoms with Gasteiger partial charge in [0.2, 0.25) is 5.91 Å². The fourth-order valence-corrected chi connectivity index (χ4v) is 6.22. The highest BCUT2D eigenvalue weighted by molar-refractivity contribution is 5.91. The van der Waals surface area contributed by atoms with Crippen molar-refractivity contribution >= 4 is 23.4 Å². The summed E-state index contributed by atoms with van der Waals surface area (Å²) in [7, 11) is 4.19. The third-order valence-corrected chi connectivity index (χ3v) is 9.05. The third-order valence-electron chi connectivity index (χ3n) is 9.05. The molecule has 3 heterocycles. The number of piperidine rings is 2. The minimum absolute atomic E-state index is 0.138. The van der Waals surface area contributed by atoms with Crippen molar-refractivity contribution in [2.45, 2.75) is 44.4 Å². The summed E-state index contributed by atoms with van der Waals surface area (Å²) in [6.07, 6.45) is 6.76. The second-order valence-electron chi connectivity index (χ2n) is 12.1. The molecule has 0 N–H and O–H groups in total. The number of amides is 1. The standard InChI is InChI=1S/C35H42F3N5O/c1-40-21-17-33(18-22-40)42-23-15-29(16-24-42)26-43(34(44)12-7-27-3-8-30(9-4-27)35(36,37)38)25-28-5-10-31(11-6-28)41(2)32-13-19-39-20-14-32/h3-14,19-20,29,33H,15-18,21-26H2,1-2H3. The Balaban J connectivity index is 1.26. The van der Waals surface area contributed by atoms with Crippen LogP contribution in [0.15, 0.2) is 79.1 Å². The highest BCUT2D eigenvalue weighted by Crippen LogP contribution is 2.30. The van der Waals surface area contributed by atoms with Crippen molar-refractivity contribution in [2.75, 3.05) is 51.7 Å². The largest absolute Gasteiger partial charge is 0.416 e. The van der Waals surface area contributed by atoms with E-state index in [1.165, 1.54) is 31.1 Å². The van der Waals surface area contributed by atoms with E-state index in [-0.39, 0.29) is 5.91 Å². The molecule has 2 aliphatic rings. The second kappa shape index (κ2) is 14.4. The number of aromatic nitrogens is 1. The van der Waals surface area contributed by atoms with E-state index >= 15 is 0 Å². The number of likely N-dealkylation sites (tertiary alicyclic amines) is 2. The molecule has 2 aliphatic heterocycles. The summed E-state index contributed by atoms with van der Waals surface area (Å²) in [6, 6.07) is 17.7. The number of carbonyl (C=O) groups is 1. The van der Waals surface area contributed by atoms with Crippen LogP contribution in [0.2, 0.25) is 0 Å². The molecule has 5 rings (SSSR count). The molecule has 0 unspecified atom stereocenters. The maximum atomic E-state index is 13.6. The highest BCUT2D eigenvalue weighted by atomic mass is 19.4. The minimum atomic E-state index is -4.39. The van der Waals surface area contributed by atoms with E-state index in [2.05, 4.69) is 51.0 Å². The number of hydrogen-bond donors (Lipinski definition) is 0. The minimum Gasteiger partial charge on any atom is -0.345 e. The van der Waals surface area contributed by atoms with E-state index in [0.29, 0.717) is 30.6 Å². The van der Waals surface area contributed by atoms with Gasteiger partial charge in [0.15, 0.2) is 0 Å². The summed E-state index contributed by atoms with van der Waals surface area (Å²) in [6.45, 7) is 5.52. The molecule has 2 fully saturated rings. The van der Waals surface area contributed by atoms with Crippen LogP contribution in [0.5, 0.6) is 0 Å². The average molecular weight is 606 g/mol. The van der Waals surface area contributed by atoms with Gasteiger partial charge >= 0.3 is 6.18 Å². The number of anilines is 2. The van der Waals surface area contributed by atoms with Crippen LogP contribution in [0.3, 0.4) is 0 Å². The number of benzene rings is 2.